The highest BCUT2D eigenvalue weighted by atomic mass is 35.5. The topological polar surface area (TPSA) is 66.5 Å². The van der Waals surface area contributed by atoms with Gasteiger partial charge in [0, 0.05) is 6.54 Å². The van der Waals surface area contributed by atoms with Crippen molar-refractivity contribution in [3.8, 4) is 0 Å². The van der Waals surface area contributed by atoms with Crippen LogP contribution in [-0.4, -0.2) is 27.4 Å². The minimum Gasteiger partial charge on any atom is -0.354 e. The molecule has 180 valence electrons. The van der Waals surface area contributed by atoms with Crippen molar-refractivity contribution in [2.24, 2.45) is 5.92 Å². The van der Waals surface area contributed by atoms with Crippen LogP contribution in [0.25, 0.3) is 0 Å². The number of halogens is 4. The van der Waals surface area contributed by atoms with Gasteiger partial charge >= 0.3 is 6.18 Å². The number of amides is 1. The average Bonchev–Trinajstić information content (AvgIpc) is 2.77. The molecule has 0 saturated heterocycles. The fourth-order valence-electron chi connectivity index (χ4n) is 3.87. The first-order chi connectivity index (χ1) is 15.5. The smallest absolute Gasteiger partial charge is 0.354 e. The fraction of sp³-hybridized carbons (Fsp3) is 0.435. The molecule has 10 heteroatoms. The molecule has 0 aliphatic heterocycles. The molecule has 1 saturated carbocycles. The molecule has 1 aliphatic rings. The van der Waals surface area contributed by atoms with E-state index in [1.165, 1.54) is 12.1 Å². The molecule has 0 aromatic heterocycles. The van der Waals surface area contributed by atoms with Crippen LogP contribution in [0.5, 0.6) is 0 Å². The molecule has 0 unspecified atom stereocenters. The number of hydrogen-bond acceptors (Lipinski definition) is 3. The molecule has 0 radical (unpaired) electrons. The van der Waals surface area contributed by atoms with Crippen LogP contribution in [0.1, 0.15) is 43.2 Å². The van der Waals surface area contributed by atoms with E-state index >= 15 is 0 Å². The molecule has 1 fully saturated rings. The summed E-state index contributed by atoms with van der Waals surface area (Å²) >= 11 is 5.71. The molecule has 5 nitrogen and oxygen atoms in total. The minimum absolute atomic E-state index is 0.128. The van der Waals surface area contributed by atoms with Crippen LogP contribution >= 0.6 is 11.6 Å². The maximum atomic E-state index is 13.4. The zero-order valence-corrected chi connectivity index (χ0v) is 19.7. The van der Waals surface area contributed by atoms with Crippen LogP contribution in [0.15, 0.2) is 47.4 Å². The molecule has 33 heavy (non-hydrogen) atoms. The first-order valence-corrected chi connectivity index (χ1v) is 12.5. The summed E-state index contributed by atoms with van der Waals surface area (Å²) in [5, 5.41) is 2.19. The van der Waals surface area contributed by atoms with Gasteiger partial charge in [0.15, 0.2) is 0 Å². The lowest BCUT2D eigenvalue weighted by Crippen LogP contribution is -2.42. The summed E-state index contributed by atoms with van der Waals surface area (Å²) < 4.78 is 67.7. The lowest BCUT2D eigenvalue weighted by Gasteiger charge is -2.26. The first kappa shape index (κ1) is 25.4. The van der Waals surface area contributed by atoms with E-state index < -0.39 is 39.2 Å². The van der Waals surface area contributed by atoms with Gasteiger partial charge in [-0.1, -0.05) is 48.6 Å². The van der Waals surface area contributed by atoms with Crippen molar-refractivity contribution in [2.75, 3.05) is 17.4 Å². The minimum atomic E-state index is -4.78. The number of rotatable bonds is 7. The second kappa shape index (κ2) is 10.3. The van der Waals surface area contributed by atoms with Gasteiger partial charge in [0.2, 0.25) is 5.91 Å². The van der Waals surface area contributed by atoms with Crippen LogP contribution in [-0.2, 0) is 21.0 Å². The fourth-order valence-corrected chi connectivity index (χ4v) is 5.51. The van der Waals surface area contributed by atoms with E-state index in [2.05, 4.69) is 5.32 Å². The third-order valence-electron chi connectivity index (χ3n) is 5.75. The Morgan fingerprint density at radius 3 is 2.33 bits per heavy atom. The van der Waals surface area contributed by atoms with Crippen molar-refractivity contribution >= 4 is 33.2 Å². The molecular formula is C23H26ClF3N2O3S. The Hall–Kier alpha value is -2.26. The Morgan fingerprint density at radius 2 is 1.73 bits per heavy atom. The summed E-state index contributed by atoms with van der Waals surface area (Å²) in [6.45, 7) is 1.54. The standard InChI is InChI=1S/C23H26ClF3N2O3S/c1-16-7-10-19(11-8-16)33(31,32)29(15-22(30)28-14-17-5-3-2-4-6-17)18-9-12-21(24)20(13-18)23(25,26)27/h7-13,17H,2-6,14-15H2,1H3,(H,28,30). The summed E-state index contributed by atoms with van der Waals surface area (Å²) in [6, 6.07) is 8.68. The van der Waals surface area contributed by atoms with Crippen molar-refractivity contribution in [3.63, 3.8) is 0 Å². The first-order valence-electron chi connectivity index (χ1n) is 10.7. The number of carbonyl (C=O) groups excluding carboxylic acids is 1. The average molecular weight is 503 g/mol. The quantitative estimate of drug-likeness (QED) is 0.539. The van der Waals surface area contributed by atoms with E-state index in [-0.39, 0.29) is 10.6 Å². The summed E-state index contributed by atoms with van der Waals surface area (Å²) in [6.07, 6.45) is 0.509. The Morgan fingerprint density at radius 1 is 1.09 bits per heavy atom. The van der Waals surface area contributed by atoms with Crippen molar-refractivity contribution < 1.29 is 26.4 Å². The van der Waals surface area contributed by atoms with Crippen LogP contribution in [0.3, 0.4) is 0 Å². The molecule has 0 bridgehead atoms. The number of nitrogens with one attached hydrogen (secondary N) is 1. The van der Waals surface area contributed by atoms with Crippen LogP contribution in [0.4, 0.5) is 18.9 Å². The second-order valence-electron chi connectivity index (χ2n) is 8.29. The molecule has 1 aliphatic carbocycles. The van der Waals surface area contributed by atoms with Gasteiger partial charge in [-0.15, -0.1) is 0 Å². The van der Waals surface area contributed by atoms with Gasteiger partial charge in [0.1, 0.15) is 6.54 Å². The molecule has 2 aromatic carbocycles. The Bertz CT molecular complexity index is 1080. The lowest BCUT2D eigenvalue weighted by atomic mass is 9.89. The highest BCUT2D eigenvalue weighted by Crippen LogP contribution is 2.38. The third kappa shape index (κ3) is 6.41. The van der Waals surface area contributed by atoms with Crippen molar-refractivity contribution in [1.29, 1.82) is 0 Å². The molecule has 3 rings (SSSR count). The zero-order valence-electron chi connectivity index (χ0n) is 18.2. The summed E-state index contributed by atoms with van der Waals surface area (Å²) in [5.74, 6) is -0.267. The zero-order chi connectivity index (χ0) is 24.2. The molecule has 0 atom stereocenters. The Kier molecular flexibility index (Phi) is 7.95. The highest BCUT2D eigenvalue weighted by Gasteiger charge is 2.35. The summed E-state index contributed by atoms with van der Waals surface area (Å²) in [7, 11) is -4.32. The number of alkyl halides is 3. The predicted molar refractivity (Wildman–Crippen MR) is 122 cm³/mol. The van der Waals surface area contributed by atoms with E-state index in [0.29, 0.717) is 22.8 Å². The molecule has 2 aromatic rings. The maximum Gasteiger partial charge on any atom is 0.417 e. The Labute approximate surface area is 197 Å². The molecular weight excluding hydrogens is 477 g/mol. The van der Waals surface area contributed by atoms with E-state index in [1.807, 2.05) is 0 Å². The SMILES string of the molecule is Cc1ccc(S(=O)(=O)N(CC(=O)NCC2CCCCC2)c2ccc(Cl)c(C(F)(F)F)c2)cc1. The summed E-state index contributed by atoms with van der Waals surface area (Å²) in [5.41, 5.74) is -0.648. The van der Waals surface area contributed by atoms with E-state index in [9.17, 15) is 26.4 Å². The van der Waals surface area contributed by atoms with Gasteiger partial charge in [-0.25, -0.2) is 8.42 Å². The number of carbonyl (C=O) groups is 1. The van der Waals surface area contributed by atoms with Gasteiger partial charge in [-0.05, 0) is 56.0 Å². The highest BCUT2D eigenvalue weighted by molar-refractivity contribution is 7.92. The van der Waals surface area contributed by atoms with Crippen molar-refractivity contribution in [1.82, 2.24) is 5.32 Å². The van der Waals surface area contributed by atoms with E-state index in [4.69, 9.17) is 11.6 Å². The largest absolute Gasteiger partial charge is 0.417 e. The predicted octanol–water partition coefficient (Wildman–Crippen LogP) is 5.56. The Balaban J connectivity index is 1.93. The number of anilines is 1. The van der Waals surface area contributed by atoms with E-state index in [1.54, 1.807) is 19.1 Å². The van der Waals surface area contributed by atoms with E-state index in [0.717, 1.165) is 49.8 Å². The van der Waals surface area contributed by atoms with Gasteiger partial charge < -0.3 is 5.32 Å². The molecule has 1 N–H and O–H groups in total. The number of aryl methyl sites for hydroxylation is 1. The maximum absolute atomic E-state index is 13.4. The van der Waals surface area contributed by atoms with Crippen molar-refractivity contribution in [3.05, 3.63) is 58.6 Å². The normalized spacial score (nSPS) is 15.3. The summed E-state index contributed by atoms with van der Waals surface area (Å²) in [4.78, 5) is 12.6. The van der Waals surface area contributed by atoms with Gasteiger partial charge in [0.05, 0.1) is 21.2 Å². The number of benzene rings is 2. The second-order valence-corrected chi connectivity index (χ2v) is 10.6. The van der Waals surface area contributed by atoms with Gasteiger partial charge in [0.25, 0.3) is 10.0 Å². The number of sulfonamides is 1. The molecule has 1 amide bonds. The van der Waals surface area contributed by atoms with Crippen LogP contribution < -0.4 is 9.62 Å². The van der Waals surface area contributed by atoms with Gasteiger partial charge in [-0.3, -0.25) is 9.10 Å². The molecule has 0 heterocycles. The lowest BCUT2D eigenvalue weighted by molar-refractivity contribution is -0.137. The van der Waals surface area contributed by atoms with Gasteiger partial charge in [-0.2, -0.15) is 13.2 Å². The van der Waals surface area contributed by atoms with Crippen molar-refractivity contribution in [2.45, 2.75) is 50.1 Å². The third-order valence-corrected chi connectivity index (χ3v) is 7.87. The number of nitrogens with zero attached hydrogens (tertiary/aromatic N) is 1. The van der Waals surface area contributed by atoms with Crippen LogP contribution in [0, 0.1) is 12.8 Å². The monoisotopic (exact) mass is 502 g/mol. The molecule has 0 spiro atoms. The number of hydrogen-bond donors (Lipinski definition) is 1. The van der Waals surface area contributed by atoms with Crippen LogP contribution in [0.2, 0.25) is 5.02 Å².